The molecular weight excluding hydrogens is 532 g/mol. The van der Waals surface area contributed by atoms with Gasteiger partial charge in [0.05, 0.1) is 24.3 Å². The summed E-state index contributed by atoms with van der Waals surface area (Å²) in [4.78, 5) is 13.4. The van der Waals surface area contributed by atoms with Gasteiger partial charge in [0.25, 0.3) is 0 Å². The second-order valence-corrected chi connectivity index (χ2v) is 10.1. The first-order chi connectivity index (χ1) is 19.0. The predicted molar refractivity (Wildman–Crippen MR) is 135 cm³/mol. The van der Waals surface area contributed by atoms with E-state index in [1.165, 1.54) is 0 Å². The van der Waals surface area contributed by atoms with Crippen LogP contribution in [0.4, 0.5) is 0 Å². The summed E-state index contributed by atoms with van der Waals surface area (Å²) < 4.78 is 17.1. The molecule has 0 bridgehead atoms. The minimum atomic E-state index is -1.93. The standard InChI is InChI=1S/C27H30O13/c1-9-2-4-10(5-3-9)13-6-11(29)15-20(33)16(26-23(36)18(31)12(30)8-38-26)21(34)17(25(15)39-13)27-24(37)22(35)19(32)14(7-28)40-27/h2-6,12,14,18-19,22-24,26-28,30-37H,7-8H2,1H3/t12-,14+,18-,19+,22-,23+,24+,26?,27?/m0/s1. The van der Waals surface area contributed by atoms with Gasteiger partial charge in [-0.15, -0.1) is 0 Å². The first-order valence-corrected chi connectivity index (χ1v) is 12.5. The smallest absolute Gasteiger partial charge is 0.197 e. The number of aliphatic hydroxyl groups is 7. The average Bonchev–Trinajstić information content (AvgIpc) is 2.92. The zero-order chi connectivity index (χ0) is 29.0. The Balaban J connectivity index is 1.81. The van der Waals surface area contributed by atoms with Crippen molar-refractivity contribution >= 4 is 11.0 Å². The third-order valence-corrected chi connectivity index (χ3v) is 7.49. The fraction of sp³-hybridized carbons (Fsp3) is 0.444. The van der Waals surface area contributed by atoms with Crippen molar-refractivity contribution in [3.8, 4) is 22.8 Å². The number of aryl methyl sites for hydroxylation is 1. The molecule has 2 aliphatic heterocycles. The number of benzene rings is 2. The van der Waals surface area contributed by atoms with E-state index in [9.17, 15) is 50.8 Å². The van der Waals surface area contributed by atoms with Crippen molar-refractivity contribution in [3.63, 3.8) is 0 Å². The van der Waals surface area contributed by atoms with E-state index in [1.807, 2.05) is 6.92 Å². The average molecular weight is 563 g/mol. The maximum Gasteiger partial charge on any atom is 0.197 e. The molecule has 9 N–H and O–H groups in total. The number of hydrogen-bond donors (Lipinski definition) is 9. The van der Waals surface area contributed by atoms with Crippen LogP contribution in [-0.4, -0.2) is 102 Å². The largest absolute Gasteiger partial charge is 0.507 e. The van der Waals surface area contributed by atoms with Crippen LogP contribution in [-0.2, 0) is 9.47 Å². The lowest BCUT2D eigenvalue weighted by Crippen LogP contribution is -2.55. The van der Waals surface area contributed by atoms with Crippen LogP contribution >= 0.6 is 0 Å². The maximum absolute atomic E-state index is 13.4. The zero-order valence-corrected chi connectivity index (χ0v) is 21.2. The number of phenolic OH excluding ortho intramolecular Hbond substituents is 2. The molecule has 40 heavy (non-hydrogen) atoms. The Kier molecular flexibility index (Phi) is 7.60. The zero-order valence-electron chi connectivity index (χ0n) is 21.2. The summed E-state index contributed by atoms with van der Waals surface area (Å²) in [5.74, 6) is -1.73. The number of rotatable bonds is 4. The number of aliphatic hydroxyl groups excluding tert-OH is 7. The molecule has 0 spiro atoms. The minimum Gasteiger partial charge on any atom is -0.507 e. The van der Waals surface area contributed by atoms with Gasteiger partial charge in [0.15, 0.2) is 11.0 Å². The summed E-state index contributed by atoms with van der Waals surface area (Å²) in [6.07, 6.45) is -15.4. The van der Waals surface area contributed by atoms with E-state index >= 15 is 0 Å². The van der Waals surface area contributed by atoms with Gasteiger partial charge in [0, 0.05) is 11.6 Å². The second kappa shape index (κ2) is 10.7. The number of ether oxygens (including phenoxy) is 2. The number of aromatic hydroxyl groups is 2. The van der Waals surface area contributed by atoms with Gasteiger partial charge in [0.2, 0.25) is 0 Å². The highest BCUT2D eigenvalue weighted by atomic mass is 16.5. The highest BCUT2D eigenvalue weighted by Gasteiger charge is 2.48. The lowest BCUT2D eigenvalue weighted by Gasteiger charge is -2.41. The van der Waals surface area contributed by atoms with Crippen LogP contribution in [0.15, 0.2) is 39.5 Å². The quantitative estimate of drug-likeness (QED) is 0.183. The highest BCUT2D eigenvalue weighted by Crippen LogP contribution is 2.50. The molecule has 0 amide bonds. The van der Waals surface area contributed by atoms with Crippen molar-refractivity contribution < 1.29 is 59.8 Å². The van der Waals surface area contributed by atoms with Crippen LogP contribution in [0.3, 0.4) is 0 Å². The topological polar surface area (TPSA) is 231 Å². The molecule has 5 rings (SSSR count). The fourth-order valence-corrected chi connectivity index (χ4v) is 5.20. The highest BCUT2D eigenvalue weighted by molar-refractivity contribution is 5.91. The molecule has 1 aromatic heterocycles. The number of hydrogen-bond acceptors (Lipinski definition) is 13. The molecular formula is C27H30O13. The Morgan fingerprint density at radius 2 is 1.48 bits per heavy atom. The van der Waals surface area contributed by atoms with Crippen molar-refractivity contribution in [3.05, 3.63) is 57.2 Å². The molecule has 216 valence electrons. The maximum atomic E-state index is 13.4. The van der Waals surface area contributed by atoms with Crippen LogP contribution in [0.25, 0.3) is 22.3 Å². The van der Waals surface area contributed by atoms with Gasteiger partial charge in [-0.05, 0) is 6.92 Å². The van der Waals surface area contributed by atoms with Crippen molar-refractivity contribution in [2.75, 3.05) is 13.2 Å². The molecule has 3 aromatic rings. The first-order valence-electron chi connectivity index (χ1n) is 12.5. The molecule has 2 saturated heterocycles. The van der Waals surface area contributed by atoms with Crippen LogP contribution < -0.4 is 5.43 Å². The molecule has 13 nitrogen and oxygen atoms in total. The summed E-state index contributed by atoms with van der Waals surface area (Å²) in [5.41, 5.74) is -0.900. The van der Waals surface area contributed by atoms with E-state index in [0.29, 0.717) is 5.56 Å². The molecule has 9 atom stereocenters. The van der Waals surface area contributed by atoms with Crippen molar-refractivity contribution in [1.82, 2.24) is 0 Å². The molecule has 13 heteroatoms. The third-order valence-electron chi connectivity index (χ3n) is 7.49. The summed E-state index contributed by atoms with van der Waals surface area (Å²) in [6.45, 7) is 0.557. The summed E-state index contributed by atoms with van der Waals surface area (Å²) in [5, 5.41) is 94.3. The van der Waals surface area contributed by atoms with Gasteiger partial charge >= 0.3 is 0 Å². The van der Waals surface area contributed by atoms with Gasteiger partial charge in [-0.1, -0.05) is 29.8 Å². The molecule has 2 fully saturated rings. The van der Waals surface area contributed by atoms with Crippen LogP contribution in [0.2, 0.25) is 0 Å². The van der Waals surface area contributed by atoms with E-state index in [1.54, 1.807) is 24.3 Å². The molecule has 3 heterocycles. The van der Waals surface area contributed by atoms with Gasteiger partial charge in [0.1, 0.15) is 77.6 Å². The van der Waals surface area contributed by atoms with Crippen LogP contribution in [0.5, 0.6) is 11.5 Å². The Labute approximate surface area is 226 Å². The van der Waals surface area contributed by atoms with Crippen LogP contribution in [0, 0.1) is 6.92 Å². The fourth-order valence-electron chi connectivity index (χ4n) is 5.20. The van der Waals surface area contributed by atoms with Crippen molar-refractivity contribution in [2.45, 2.75) is 61.9 Å². The monoisotopic (exact) mass is 562 g/mol. The van der Waals surface area contributed by atoms with Gasteiger partial charge in [-0.2, -0.15) is 0 Å². The third kappa shape index (κ3) is 4.55. The summed E-state index contributed by atoms with van der Waals surface area (Å²) >= 11 is 0. The van der Waals surface area contributed by atoms with E-state index in [-0.39, 0.29) is 5.76 Å². The first kappa shape index (κ1) is 28.4. The molecule has 2 unspecified atom stereocenters. The minimum absolute atomic E-state index is 0.0161. The van der Waals surface area contributed by atoms with Gasteiger partial charge in [-0.25, -0.2) is 0 Å². The molecule has 0 saturated carbocycles. The number of phenols is 2. The Hall–Kier alpha value is -3.11. The van der Waals surface area contributed by atoms with E-state index in [4.69, 9.17) is 13.9 Å². The summed E-state index contributed by atoms with van der Waals surface area (Å²) in [6, 6.07) is 7.94. The Morgan fingerprint density at radius 3 is 2.12 bits per heavy atom. The molecule has 2 aliphatic rings. The lowest BCUT2D eigenvalue weighted by molar-refractivity contribution is -0.231. The SMILES string of the molecule is Cc1ccc(-c2cc(=O)c3c(O)c(C4OC[C@H](O)[C@H](O)[C@H]4O)c(O)c(C4O[C@H](CO)[C@@H](O)[C@H](O)[C@H]4O)c3o2)cc1. The van der Waals surface area contributed by atoms with E-state index < -0.39 is 107 Å². The molecule has 0 radical (unpaired) electrons. The predicted octanol–water partition coefficient (Wildman–Crippen LogP) is -1.15. The molecule has 2 aromatic carbocycles. The Bertz CT molecular complexity index is 1450. The van der Waals surface area contributed by atoms with Gasteiger partial charge < -0.3 is 59.8 Å². The second-order valence-electron chi connectivity index (χ2n) is 10.1. The molecule has 0 aliphatic carbocycles. The number of fused-ring (bicyclic) bond motifs is 1. The van der Waals surface area contributed by atoms with Gasteiger partial charge in [-0.3, -0.25) is 4.79 Å². The van der Waals surface area contributed by atoms with Crippen molar-refractivity contribution in [1.29, 1.82) is 0 Å². The summed E-state index contributed by atoms with van der Waals surface area (Å²) in [7, 11) is 0. The van der Waals surface area contributed by atoms with E-state index in [0.717, 1.165) is 11.6 Å². The van der Waals surface area contributed by atoms with Crippen molar-refractivity contribution in [2.24, 2.45) is 0 Å². The normalized spacial score (nSPS) is 32.9. The Morgan fingerprint density at radius 1 is 0.825 bits per heavy atom. The van der Waals surface area contributed by atoms with E-state index in [2.05, 4.69) is 0 Å². The van der Waals surface area contributed by atoms with Crippen LogP contribution in [0.1, 0.15) is 28.9 Å². The lowest BCUT2D eigenvalue weighted by atomic mass is 9.85.